The molecule has 1 heterocycles. The zero-order valence-corrected chi connectivity index (χ0v) is 11.7. The SMILES string of the molecule is COC(=O)[C@@H](NC(=O)C1(C)CCNCC1)C(C)C. The molecule has 0 saturated carbocycles. The number of nitrogens with one attached hydrogen (secondary N) is 2. The molecule has 0 spiro atoms. The molecule has 18 heavy (non-hydrogen) atoms. The van der Waals surface area contributed by atoms with Crippen LogP contribution in [0.25, 0.3) is 0 Å². The van der Waals surface area contributed by atoms with Gasteiger partial charge in [-0.15, -0.1) is 0 Å². The number of ether oxygens (including phenoxy) is 1. The Kier molecular flexibility index (Phi) is 5.14. The summed E-state index contributed by atoms with van der Waals surface area (Å²) in [6, 6.07) is -0.561. The lowest BCUT2D eigenvalue weighted by Crippen LogP contribution is -2.52. The van der Waals surface area contributed by atoms with Crippen molar-refractivity contribution in [3.05, 3.63) is 0 Å². The van der Waals surface area contributed by atoms with Gasteiger partial charge in [-0.3, -0.25) is 4.79 Å². The predicted octanol–water partition coefficient (Wildman–Crippen LogP) is 0.690. The number of hydrogen-bond donors (Lipinski definition) is 2. The second-order valence-electron chi connectivity index (χ2n) is 5.53. The van der Waals surface area contributed by atoms with E-state index in [-0.39, 0.29) is 23.2 Å². The van der Waals surface area contributed by atoms with E-state index >= 15 is 0 Å². The van der Waals surface area contributed by atoms with E-state index in [1.54, 1.807) is 0 Å². The number of carbonyl (C=O) groups excluding carboxylic acids is 2. The van der Waals surface area contributed by atoms with Gasteiger partial charge >= 0.3 is 5.97 Å². The number of hydrogen-bond acceptors (Lipinski definition) is 4. The highest BCUT2D eigenvalue weighted by molar-refractivity contribution is 5.88. The zero-order valence-electron chi connectivity index (χ0n) is 11.7. The molecule has 1 amide bonds. The van der Waals surface area contributed by atoms with Gasteiger partial charge in [0.2, 0.25) is 5.91 Å². The fourth-order valence-corrected chi connectivity index (χ4v) is 2.15. The van der Waals surface area contributed by atoms with Crippen molar-refractivity contribution in [2.24, 2.45) is 11.3 Å². The van der Waals surface area contributed by atoms with Crippen LogP contribution in [-0.2, 0) is 14.3 Å². The monoisotopic (exact) mass is 256 g/mol. The Hall–Kier alpha value is -1.10. The number of carbonyl (C=O) groups is 2. The van der Waals surface area contributed by atoms with E-state index in [9.17, 15) is 9.59 Å². The number of esters is 1. The van der Waals surface area contributed by atoms with E-state index in [0.717, 1.165) is 25.9 Å². The number of amides is 1. The molecular weight excluding hydrogens is 232 g/mol. The fraction of sp³-hybridized carbons (Fsp3) is 0.846. The Labute approximate surface area is 109 Å². The summed E-state index contributed by atoms with van der Waals surface area (Å²) in [4.78, 5) is 23.9. The molecule has 0 aromatic carbocycles. The van der Waals surface area contributed by atoms with Crippen LogP contribution in [0.3, 0.4) is 0 Å². The first-order valence-electron chi connectivity index (χ1n) is 6.50. The lowest BCUT2D eigenvalue weighted by molar-refractivity contribution is -0.148. The lowest BCUT2D eigenvalue weighted by Gasteiger charge is -2.34. The maximum Gasteiger partial charge on any atom is 0.328 e. The molecule has 1 aliphatic rings. The third kappa shape index (κ3) is 3.45. The first-order chi connectivity index (χ1) is 8.40. The summed E-state index contributed by atoms with van der Waals surface area (Å²) in [5.41, 5.74) is -0.383. The normalized spacial score (nSPS) is 20.3. The highest BCUT2D eigenvalue weighted by Gasteiger charge is 2.37. The molecule has 5 nitrogen and oxygen atoms in total. The molecule has 1 fully saturated rings. The Balaban J connectivity index is 2.68. The van der Waals surface area contributed by atoms with E-state index in [1.807, 2.05) is 20.8 Å². The average Bonchev–Trinajstić information content (AvgIpc) is 2.35. The second kappa shape index (κ2) is 6.18. The molecule has 0 aromatic rings. The number of rotatable bonds is 4. The summed E-state index contributed by atoms with van der Waals surface area (Å²) in [7, 11) is 1.34. The van der Waals surface area contributed by atoms with E-state index in [4.69, 9.17) is 4.74 Å². The van der Waals surface area contributed by atoms with Gasteiger partial charge in [0.15, 0.2) is 0 Å². The molecule has 1 aliphatic heterocycles. The largest absolute Gasteiger partial charge is 0.467 e. The van der Waals surface area contributed by atoms with Gasteiger partial charge in [-0.1, -0.05) is 20.8 Å². The Bertz CT molecular complexity index is 309. The minimum Gasteiger partial charge on any atom is -0.467 e. The van der Waals surface area contributed by atoms with E-state index in [1.165, 1.54) is 7.11 Å². The van der Waals surface area contributed by atoms with Crippen molar-refractivity contribution in [2.75, 3.05) is 20.2 Å². The van der Waals surface area contributed by atoms with E-state index < -0.39 is 6.04 Å². The standard InChI is InChI=1S/C13H24N2O3/c1-9(2)10(11(16)18-4)15-12(17)13(3)5-7-14-8-6-13/h9-10,14H,5-8H2,1-4H3,(H,15,17)/t10-/m0/s1. The first kappa shape index (κ1) is 15.0. The minimum atomic E-state index is -0.561. The molecule has 1 atom stereocenters. The van der Waals surface area contributed by atoms with Crippen molar-refractivity contribution in [2.45, 2.75) is 39.7 Å². The molecule has 0 radical (unpaired) electrons. The van der Waals surface area contributed by atoms with Crippen molar-refractivity contribution in [1.82, 2.24) is 10.6 Å². The van der Waals surface area contributed by atoms with Crippen molar-refractivity contribution < 1.29 is 14.3 Å². The van der Waals surface area contributed by atoms with E-state index in [0.29, 0.717) is 0 Å². The predicted molar refractivity (Wildman–Crippen MR) is 69.0 cm³/mol. The number of piperidine rings is 1. The van der Waals surface area contributed by atoms with Gasteiger partial charge in [0, 0.05) is 5.41 Å². The summed E-state index contributed by atoms with van der Waals surface area (Å²) >= 11 is 0. The lowest BCUT2D eigenvalue weighted by atomic mass is 9.80. The Morgan fingerprint density at radius 3 is 2.28 bits per heavy atom. The molecule has 104 valence electrons. The van der Waals surface area contributed by atoms with Crippen LogP contribution in [0.1, 0.15) is 33.6 Å². The van der Waals surface area contributed by atoms with Gasteiger partial charge in [0.1, 0.15) is 6.04 Å². The van der Waals surface area contributed by atoms with Crippen molar-refractivity contribution in [3.8, 4) is 0 Å². The van der Waals surface area contributed by atoms with Crippen LogP contribution in [0.15, 0.2) is 0 Å². The number of methoxy groups -OCH3 is 1. The van der Waals surface area contributed by atoms with Gasteiger partial charge in [-0.25, -0.2) is 4.79 Å². The third-order valence-corrected chi connectivity index (χ3v) is 3.66. The van der Waals surface area contributed by atoms with Crippen LogP contribution < -0.4 is 10.6 Å². The van der Waals surface area contributed by atoms with Gasteiger partial charge in [0.05, 0.1) is 7.11 Å². The molecule has 0 unspecified atom stereocenters. The Morgan fingerprint density at radius 2 is 1.83 bits per heavy atom. The zero-order chi connectivity index (χ0) is 13.8. The van der Waals surface area contributed by atoms with Crippen LogP contribution in [-0.4, -0.2) is 38.1 Å². The molecule has 1 saturated heterocycles. The van der Waals surface area contributed by atoms with Crippen molar-refractivity contribution in [1.29, 1.82) is 0 Å². The van der Waals surface area contributed by atoms with Gasteiger partial charge in [-0.05, 0) is 31.8 Å². The van der Waals surface area contributed by atoms with Gasteiger partial charge in [0.25, 0.3) is 0 Å². The van der Waals surface area contributed by atoms with Crippen LogP contribution in [0.5, 0.6) is 0 Å². The summed E-state index contributed by atoms with van der Waals surface area (Å²) in [5, 5.41) is 6.07. The summed E-state index contributed by atoms with van der Waals surface area (Å²) in [6.45, 7) is 7.43. The summed E-state index contributed by atoms with van der Waals surface area (Å²) < 4.78 is 4.73. The van der Waals surface area contributed by atoms with Crippen LogP contribution in [0.2, 0.25) is 0 Å². The smallest absolute Gasteiger partial charge is 0.328 e. The van der Waals surface area contributed by atoms with E-state index in [2.05, 4.69) is 10.6 Å². The summed E-state index contributed by atoms with van der Waals surface area (Å²) in [6.07, 6.45) is 1.59. The average molecular weight is 256 g/mol. The topological polar surface area (TPSA) is 67.4 Å². The first-order valence-corrected chi connectivity index (χ1v) is 6.50. The van der Waals surface area contributed by atoms with Gasteiger partial charge in [-0.2, -0.15) is 0 Å². The maximum atomic E-state index is 12.3. The molecule has 0 bridgehead atoms. The quantitative estimate of drug-likeness (QED) is 0.726. The van der Waals surface area contributed by atoms with Crippen LogP contribution >= 0.6 is 0 Å². The minimum absolute atomic E-state index is 0.0201. The van der Waals surface area contributed by atoms with Gasteiger partial charge < -0.3 is 15.4 Å². The molecular formula is C13H24N2O3. The van der Waals surface area contributed by atoms with Crippen LogP contribution in [0.4, 0.5) is 0 Å². The molecule has 5 heteroatoms. The molecule has 0 aromatic heterocycles. The highest BCUT2D eigenvalue weighted by Crippen LogP contribution is 2.28. The van der Waals surface area contributed by atoms with Crippen LogP contribution in [0, 0.1) is 11.3 Å². The molecule has 1 rings (SSSR count). The molecule has 2 N–H and O–H groups in total. The molecule has 0 aliphatic carbocycles. The fourth-order valence-electron chi connectivity index (χ4n) is 2.15. The maximum absolute atomic E-state index is 12.3. The highest BCUT2D eigenvalue weighted by atomic mass is 16.5. The Morgan fingerprint density at radius 1 is 1.28 bits per heavy atom. The van der Waals surface area contributed by atoms with Crippen molar-refractivity contribution in [3.63, 3.8) is 0 Å². The second-order valence-corrected chi connectivity index (χ2v) is 5.53. The third-order valence-electron chi connectivity index (χ3n) is 3.66. The van der Waals surface area contributed by atoms with Crippen molar-refractivity contribution >= 4 is 11.9 Å². The summed E-state index contributed by atoms with van der Waals surface area (Å²) in [5.74, 6) is -0.407.